The van der Waals surface area contributed by atoms with E-state index in [1.807, 2.05) is 0 Å². The van der Waals surface area contributed by atoms with Gasteiger partial charge in [0.2, 0.25) is 0 Å². The zero-order valence-electron chi connectivity index (χ0n) is 14.4. The van der Waals surface area contributed by atoms with Crippen LogP contribution in [0, 0.1) is 0 Å². The van der Waals surface area contributed by atoms with Crippen molar-refractivity contribution in [2.75, 3.05) is 37.9 Å². The quantitative estimate of drug-likeness (QED) is 0.295. The molecular weight excluding hydrogens is 401 g/mol. The molecule has 0 atom stereocenters. The molecule has 0 fully saturated rings. The first-order valence-electron chi connectivity index (χ1n) is 7.50. The van der Waals surface area contributed by atoms with Gasteiger partial charge in [0, 0.05) is 29.5 Å². The SMILES string of the molecule is CCOP(CC)CC.CCOP(CC)CC.C[CH2][Ni][Br]. The zero-order chi connectivity index (χ0) is 16.2. The van der Waals surface area contributed by atoms with Crippen LogP contribution in [0.4, 0.5) is 0 Å². The van der Waals surface area contributed by atoms with Gasteiger partial charge in [0.25, 0.3) is 0 Å². The van der Waals surface area contributed by atoms with E-state index in [0.29, 0.717) is 0 Å². The summed E-state index contributed by atoms with van der Waals surface area (Å²) in [7, 11) is -0.113. The molecule has 0 aromatic carbocycles. The van der Waals surface area contributed by atoms with Gasteiger partial charge in [0.05, 0.1) is 0 Å². The van der Waals surface area contributed by atoms with Crippen molar-refractivity contribution < 1.29 is 21.7 Å². The molecule has 0 aliphatic rings. The first-order chi connectivity index (χ1) is 9.61. The summed E-state index contributed by atoms with van der Waals surface area (Å²) in [4.78, 5) is 0. The third kappa shape index (κ3) is 24.8. The van der Waals surface area contributed by atoms with E-state index in [1.165, 1.54) is 42.7 Å². The molecule has 0 aromatic rings. The van der Waals surface area contributed by atoms with Crippen LogP contribution in [0.15, 0.2) is 0 Å². The molecule has 0 heterocycles. The summed E-state index contributed by atoms with van der Waals surface area (Å²) in [6, 6.07) is 0. The van der Waals surface area contributed by atoms with Crippen LogP contribution in [0.25, 0.3) is 0 Å². The fourth-order valence-electron chi connectivity index (χ4n) is 1.18. The van der Waals surface area contributed by atoms with Crippen LogP contribution in [0.3, 0.4) is 0 Å². The predicted octanol–water partition coefficient (Wildman–Crippen LogP) is 6.74. The Labute approximate surface area is 143 Å². The molecule has 0 saturated heterocycles. The van der Waals surface area contributed by atoms with Crippen molar-refractivity contribution in [2.24, 2.45) is 0 Å². The molecule has 130 valence electrons. The van der Waals surface area contributed by atoms with E-state index in [9.17, 15) is 0 Å². The molecule has 0 spiro atoms. The van der Waals surface area contributed by atoms with Crippen LogP contribution in [0.5, 0.6) is 0 Å². The molecule has 0 amide bonds. The predicted molar refractivity (Wildman–Crippen MR) is 98.7 cm³/mol. The van der Waals surface area contributed by atoms with Gasteiger partial charge in [-0.05, 0) is 38.5 Å². The van der Waals surface area contributed by atoms with Crippen molar-refractivity contribution in [2.45, 2.75) is 53.9 Å². The van der Waals surface area contributed by atoms with Gasteiger partial charge in [-0.25, -0.2) is 0 Å². The number of rotatable bonds is 9. The molecule has 0 rings (SSSR count). The average molecular weight is 436 g/mol. The van der Waals surface area contributed by atoms with Crippen LogP contribution in [-0.2, 0) is 21.7 Å². The van der Waals surface area contributed by atoms with Crippen molar-refractivity contribution in [3.8, 4) is 0 Å². The molecule has 20 heavy (non-hydrogen) atoms. The van der Waals surface area contributed by atoms with E-state index in [2.05, 4.69) is 62.7 Å². The Bertz CT molecular complexity index is 133. The minimum absolute atomic E-state index is 0.0563. The molecule has 2 nitrogen and oxygen atoms in total. The van der Waals surface area contributed by atoms with Crippen LogP contribution >= 0.6 is 30.5 Å². The van der Waals surface area contributed by atoms with E-state index in [-0.39, 0.29) is 16.3 Å². The van der Waals surface area contributed by atoms with E-state index >= 15 is 0 Å². The number of hydrogen-bond acceptors (Lipinski definition) is 2. The Morgan fingerprint density at radius 1 is 0.700 bits per heavy atom. The molecule has 6 heteroatoms. The van der Waals surface area contributed by atoms with Crippen LogP contribution < -0.4 is 0 Å². The summed E-state index contributed by atoms with van der Waals surface area (Å²) in [6.45, 7) is 16.7. The van der Waals surface area contributed by atoms with Crippen molar-refractivity contribution in [3.63, 3.8) is 0 Å². The van der Waals surface area contributed by atoms with Gasteiger partial charge in [-0.1, -0.05) is 27.7 Å². The second-order valence-electron chi connectivity index (χ2n) is 3.37. The average Bonchev–Trinajstić information content (AvgIpc) is 2.51. The standard InChI is InChI=1S/2C6H15OP.C2H5.BrH.Ni/c2*1-4-7-8(5-2)6-3;1-2;;/h2*4-6H2,1-3H3;1H2,2H3;1H;/q;;;;+1/p-1. The summed E-state index contributed by atoms with van der Waals surface area (Å²) in [6.07, 6.45) is 4.83. The first kappa shape index (κ1) is 26.6. The van der Waals surface area contributed by atoms with Gasteiger partial charge in [-0.2, -0.15) is 0 Å². The third-order valence-electron chi connectivity index (χ3n) is 2.12. The molecule has 0 N–H and O–H groups in total. The van der Waals surface area contributed by atoms with Gasteiger partial charge in [0.15, 0.2) is 0 Å². The van der Waals surface area contributed by atoms with Crippen molar-refractivity contribution >= 4 is 30.5 Å². The van der Waals surface area contributed by atoms with E-state index in [0.717, 1.165) is 13.2 Å². The van der Waals surface area contributed by atoms with E-state index in [4.69, 9.17) is 9.05 Å². The minimum atomic E-state index is -0.0563. The second-order valence-corrected chi connectivity index (χ2v) is 10.8. The van der Waals surface area contributed by atoms with Gasteiger partial charge < -0.3 is 9.05 Å². The second kappa shape index (κ2) is 25.7. The Kier molecular flexibility index (Phi) is 34.2. The Balaban J connectivity index is -0.000000230. The molecule has 0 aliphatic carbocycles. The Morgan fingerprint density at radius 3 is 1.00 bits per heavy atom. The maximum atomic E-state index is 5.41. The molecule has 0 saturated carbocycles. The van der Waals surface area contributed by atoms with E-state index < -0.39 is 0 Å². The van der Waals surface area contributed by atoms with Crippen molar-refractivity contribution in [3.05, 3.63) is 0 Å². The van der Waals surface area contributed by atoms with Crippen molar-refractivity contribution in [1.82, 2.24) is 0 Å². The summed E-state index contributed by atoms with van der Waals surface area (Å²) in [5.74, 6) is 0. The molecule has 0 aromatic heterocycles. The van der Waals surface area contributed by atoms with Gasteiger partial charge in [-0.3, -0.25) is 0 Å². The van der Waals surface area contributed by atoms with Gasteiger partial charge in [-0.15, -0.1) is 0 Å². The van der Waals surface area contributed by atoms with Crippen molar-refractivity contribution in [1.29, 1.82) is 0 Å². The zero-order valence-corrected chi connectivity index (χ0v) is 18.7. The monoisotopic (exact) mass is 434 g/mol. The summed E-state index contributed by atoms with van der Waals surface area (Å²) in [5, 5.41) is 1.17. The van der Waals surface area contributed by atoms with Gasteiger partial charge >= 0.3 is 39.2 Å². The molecule has 0 radical (unpaired) electrons. The molecule has 0 unspecified atom stereocenters. The topological polar surface area (TPSA) is 18.5 Å². The number of halogens is 1. The molecular formula is C14H35BrNiO2P2. The summed E-state index contributed by atoms with van der Waals surface area (Å²) >= 11 is 4.72. The fourth-order valence-corrected chi connectivity index (χ4v) is 3.53. The maximum absolute atomic E-state index is 5.41. The van der Waals surface area contributed by atoms with Crippen LogP contribution in [0.1, 0.15) is 48.5 Å². The summed E-state index contributed by atoms with van der Waals surface area (Å²) < 4.78 is 10.8. The first-order valence-corrected chi connectivity index (χ1v) is 13.9. The Morgan fingerprint density at radius 2 is 0.950 bits per heavy atom. The fraction of sp³-hybridized carbons (Fsp3) is 1.00. The summed E-state index contributed by atoms with van der Waals surface area (Å²) in [5.41, 5.74) is 0. The van der Waals surface area contributed by atoms with Crippen LogP contribution in [0.2, 0.25) is 5.39 Å². The number of hydrogen-bond donors (Lipinski definition) is 0. The molecule has 0 aliphatic heterocycles. The Hall–Kier alpha value is 1.75. The van der Waals surface area contributed by atoms with E-state index in [1.54, 1.807) is 0 Å². The van der Waals surface area contributed by atoms with Crippen LogP contribution in [-0.4, -0.2) is 37.9 Å². The normalized spacial score (nSPS) is 10.1. The molecule has 0 bridgehead atoms. The van der Waals surface area contributed by atoms with Gasteiger partial charge in [0.1, 0.15) is 0 Å². The third-order valence-corrected chi connectivity index (χ3v) is 7.91.